The number of rotatable bonds is 3. The molecule has 1 aliphatic carbocycles. The SMILES string of the molecule is Cc1ncnc2c1ccn2C1CC2(CNC(Cc3ccc4cc(Br)c(N)nc4c3)C2)C(O)C1O. The standard InChI is InChI=1S/C25H27BrN6O2/c1-13-17-4-5-32(24(17)30-12-29-13)20-10-25(22(34)21(20)33)9-16(28-11-25)6-14-2-3-15-8-18(26)23(27)31-19(15)7-14/h2-5,7-8,12,16,20-22,28,33-34H,6,9-11H2,1H3,(H2,27,31). The van der Waals surface area contributed by atoms with Gasteiger partial charge < -0.3 is 25.8 Å². The molecule has 2 aliphatic rings. The van der Waals surface area contributed by atoms with Crippen LogP contribution in [0, 0.1) is 12.3 Å². The number of benzene rings is 1. The fourth-order valence-electron chi connectivity index (χ4n) is 5.98. The van der Waals surface area contributed by atoms with Gasteiger partial charge in [-0.3, -0.25) is 0 Å². The van der Waals surface area contributed by atoms with Gasteiger partial charge in [0.15, 0.2) is 0 Å². The smallest absolute Gasteiger partial charge is 0.143 e. The van der Waals surface area contributed by atoms with E-state index in [1.807, 2.05) is 29.8 Å². The zero-order chi connectivity index (χ0) is 23.6. The number of aliphatic hydroxyl groups is 2. The third-order valence-electron chi connectivity index (χ3n) is 7.77. The molecule has 5 N–H and O–H groups in total. The highest BCUT2D eigenvalue weighted by Crippen LogP contribution is 2.50. The quantitative estimate of drug-likeness (QED) is 0.326. The van der Waals surface area contributed by atoms with Crippen LogP contribution in [-0.2, 0) is 6.42 Å². The first-order chi connectivity index (χ1) is 16.3. The number of nitrogens with zero attached hydrogens (tertiary/aromatic N) is 4. The van der Waals surface area contributed by atoms with E-state index in [1.54, 1.807) is 6.33 Å². The van der Waals surface area contributed by atoms with Crippen molar-refractivity contribution >= 4 is 43.7 Å². The Kier molecular flexibility index (Phi) is 5.14. The summed E-state index contributed by atoms with van der Waals surface area (Å²) in [5, 5.41) is 27.8. The van der Waals surface area contributed by atoms with Gasteiger partial charge in [0.2, 0.25) is 0 Å². The number of hydrogen-bond donors (Lipinski definition) is 4. The second kappa shape index (κ2) is 7.98. The first-order valence-electron chi connectivity index (χ1n) is 11.6. The zero-order valence-electron chi connectivity index (χ0n) is 18.8. The number of nitrogens with one attached hydrogen (secondary N) is 1. The van der Waals surface area contributed by atoms with Gasteiger partial charge in [0, 0.05) is 35.0 Å². The fraction of sp³-hybridized carbons (Fsp3) is 0.400. The Morgan fingerprint density at radius 2 is 2.06 bits per heavy atom. The number of pyridine rings is 1. The first kappa shape index (κ1) is 21.9. The van der Waals surface area contributed by atoms with E-state index in [9.17, 15) is 10.2 Å². The van der Waals surface area contributed by atoms with Gasteiger partial charge in [-0.2, -0.15) is 0 Å². The fourth-order valence-corrected chi connectivity index (χ4v) is 6.31. The van der Waals surface area contributed by atoms with Crippen LogP contribution >= 0.6 is 15.9 Å². The van der Waals surface area contributed by atoms with Crippen molar-refractivity contribution in [3.63, 3.8) is 0 Å². The Balaban J connectivity index is 1.23. The van der Waals surface area contributed by atoms with Crippen LogP contribution in [0.25, 0.3) is 21.9 Å². The van der Waals surface area contributed by atoms with Gasteiger partial charge in [-0.25, -0.2) is 15.0 Å². The van der Waals surface area contributed by atoms with Crippen molar-refractivity contribution in [2.45, 2.75) is 50.5 Å². The number of aryl methyl sites for hydroxylation is 1. The van der Waals surface area contributed by atoms with Crippen molar-refractivity contribution in [1.82, 2.24) is 24.8 Å². The molecule has 4 aromatic rings. The molecule has 1 aromatic carbocycles. The number of anilines is 1. The van der Waals surface area contributed by atoms with E-state index in [-0.39, 0.29) is 17.5 Å². The summed E-state index contributed by atoms with van der Waals surface area (Å²) in [6, 6.07) is 10.2. The van der Waals surface area contributed by atoms with Gasteiger partial charge in [-0.05, 0) is 65.9 Å². The largest absolute Gasteiger partial charge is 0.390 e. The third-order valence-corrected chi connectivity index (χ3v) is 8.40. The number of aliphatic hydroxyl groups excluding tert-OH is 2. The van der Waals surface area contributed by atoms with Crippen LogP contribution in [0.5, 0.6) is 0 Å². The molecule has 6 rings (SSSR count). The van der Waals surface area contributed by atoms with Gasteiger partial charge in [0.25, 0.3) is 0 Å². The summed E-state index contributed by atoms with van der Waals surface area (Å²) < 4.78 is 2.81. The monoisotopic (exact) mass is 522 g/mol. The summed E-state index contributed by atoms with van der Waals surface area (Å²) in [7, 11) is 0. The number of hydrogen-bond acceptors (Lipinski definition) is 7. The lowest BCUT2D eigenvalue weighted by Gasteiger charge is -2.27. The first-order valence-corrected chi connectivity index (χ1v) is 12.4. The third kappa shape index (κ3) is 3.41. The van der Waals surface area contributed by atoms with Crippen molar-refractivity contribution in [2.24, 2.45) is 5.41 Å². The minimum Gasteiger partial charge on any atom is -0.390 e. The molecule has 176 valence electrons. The summed E-state index contributed by atoms with van der Waals surface area (Å²) in [6.45, 7) is 2.63. The molecule has 0 amide bonds. The average molecular weight is 523 g/mol. The van der Waals surface area contributed by atoms with Crippen LogP contribution in [0.3, 0.4) is 0 Å². The maximum absolute atomic E-state index is 11.2. The van der Waals surface area contributed by atoms with E-state index in [2.05, 4.69) is 54.4 Å². The van der Waals surface area contributed by atoms with Crippen LogP contribution in [0.4, 0.5) is 5.82 Å². The number of nitrogens with two attached hydrogens (primary N) is 1. The van der Waals surface area contributed by atoms with Gasteiger partial charge in [0.1, 0.15) is 23.9 Å². The van der Waals surface area contributed by atoms with E-state index in [1.165, 1.54) is 5.56 Å². The zero-order valence-corrected chi connectivity index (χ0v) is 20.4. The molecule has 0 radical (unpaired) electrons. The van der Waals surface area contributed by atoms with Gasteiger partial charge >= 0.3 is 0 Å². The van der Waals surface area contributed by atoms with Crippen molar-refractivity contribution in [1.29, 1.82) is 0 Å². The number of halogens is 1. The maximum atomic E-state index is 11.2. The molecule has 3 aromatic heterocycles. The molecule has 4 heterocycles. The van der Waals surface area contributed by atoms with Crippen LogP contribution in [-0.4, -0.2) is 54.5 Å². The molecule has 1 saturated carbocycles. The van der Waals surface area contributed by atoms with Crippen molar-refractivity contribution in [3.05, 3.63) is 58.6 Å². The van der Waals surface area contributed by atoms with Gasteiger partial charge in [0.05, 0.1) is 27.8 Å². The van der Waals surface area contributed by atoms with E-state index in [0.717, 1.165) is 44.9 Å². The summed E-state index contributed by atoms with van der Waals surface area (Å²) in [5.74, 6) is 0.481. The Morgan fingerprint density at radius 3 is 2.91 bits per heavy atom. The average Bonchev–Trinajstić information content (AvgIpc) is 3.49. The summed E-state index contributed by atoms with van der Waals surface area (Å²) in [4.78, 5) is 13.2. The van der Waals surface area contributed by atoms with E-state index < -0.39 is 12.2 Å². The predicted octanol–water partition coefficient (Wildman–Crippen LogP) is 2.89. The normalized spacial score (nSPS) is 29.1. The predicted molar refractivity (Wildman–Crippen MR) is 134 cm³/mol. The Hall–Kier alpha value is -2.59. The van der Waals surface area contributed by atoms with Gasteiger partial charge in [-0.1, -0.05) is 12.1 Å². The molecule has 2 fully saturated rings. The highest BCUT2D eigenvalue weighted by atomic mass is 79.9. The highest BCUT2D eigenvalue weighted by molar-refractivity contribution is 9.10. The Morgan fingerprint density at radius 1 is 1.21 bits per heavy atom. The van der Waals surface area contributed by atoms with Crippen molar-refractivity contribution in [2.75, 3.05) is 12.3 Å². The molecule has 5 atom stereocenters. The molecule has 8 nitrogen and oxygen atoms in total. The lowest BCUT2D eigenvalue weighted by Crippen LogP contribution is -2.38. The maximum Gasteiger partial charge on any atom is 0.143 e. The highest BCUT2D eigenvalue weighted by Gasteiger charge is 2.56. The summed E-state index contributed by atoms with van der Waals surface area (Å²) >= 11 is 3.44. The Labute approximate surface area is 205 Å². The molecule has 1 saturated heterocycles. The second-order valence-electron chi connectivity index (χ2n) is 9.86. The topological polar surface area (TPSA) is 122 Å². The van der Waals surface area contributed by atoms with Crippen LogP contribution in [0.2, 0.25) is 0 Å². The minimum atomic E-state index is -0.849. The Bertz CT molecular complexity index is 1410. The number of nitrogen functional groups attached to an aromatic ring is 1. The number of aromatic nitrogens is 4. The molecule has 9 heteroatoms. The van der Waals surface area contributed by atoms with Crippen molar-refractivity contribution in [3.8, 4) is 0 Å². The van der Waals surface area contributed by atoms with Crippen molar-refractivity contribution < 1.29 is 10.2 Å². The van der Waals surface area contributed by atoms with Gasteiger partial charge in [-0.15, -0.1) is 0 Å². The second-order valence-corrected chi connectivity index (χ2v) is 10.7. The van der Waals surface area contributed by atoms with E-state index in [4.69, 9.17) is 5.73 Å². The molecular formula is C25H27BrN6O2. The molecule has 0 bridgehead atoms. The van der Waals surface area contributed by atoms with E-state index in [0.29, 0.717) is 18.8 Å². The summed E-state index contributed by atoms with van der Waals surface area (Å²) in [6.07, 6.45) is 4.17. The lowest BCUT2D eigenvalue weighted by atomic mass is 9.80. The molecule has 5 unspecified atom stereocenters. The minimum absolute atomic E-state index is 0.205. The van der Waals surface area contributed by atoms with Crippen LogP contribution in [0.15, 0.2) is 47.3 Å². The van der Waals surface area contributed by atoms with Crippen LogP contribution in [0.1, 0.15) is 30.1 Å². The molecule has 34 heavy (non-hydrogen) atoms. The van der Waals surface area contributed by atoms with Crippen LogP contribution < -0.4 is 11.1 Å². The molecule has 1 aliphatic heterocycles. The number of fused-ring (bicyclic) bond motifs is 2. The summed E-state index contributed by atoms with van der Waals surface area (Å²) in [5.41, 5.74) is 9.35. The van der Waals surface area contributed by atoms with E-state index >= 15 is 0 Å². The molecule has 1 spiro atoms. The molecular weight excluding hydrogens is 496 g/mol. The lowest BCUT2D eigenvalue weighted by molar-refractivity contribution is -0.0217.